The maximum absolute atomic E-state index is 11.9. The molecular weight excluding hydrogens is 350 g/mol. The van der Waals surface area contributed by atoms with Crippen molar-refractivity contribution >= 4 is 39.6 Å². The van der Waals surface area contributed by atoms with Crippen LogP contribution in [0, 0.1) is 0 Å². The molecule has 0 bridgehead atoms. The highest BCUT2D eigenvalue weighted by atomic mass is 32.1. The van der Waals surface area contributed by atoms with Crippen molar-refractivity contribution < 1.29 is 14.1 Å². The monoisotopic (exact) mass is 363 g/mol. The summed E-state index contributed by atoms with van der Waals surface area (Å²) in [6.45, 7) is 0. The van der Waals surface area contributed by atoms with Crippen LogP contribution in [-0.4, -0.2) is 26.9 Å². The zero-order valence-corrected chi connectivity index (χ0v) is 14.0. The molecule has 3 N–H and O–H groups in total. The Kier molecular flexibility index (Phi) is 4.96. The first kappa shape index (κ1) is 16.3. The van der Waals surface area contributed by atoms with E-state index in [0.717, 1.165) is 5.56 Å². The Balaban J connectivity index is 1.50. The standard InChI is InChI=1S/C14H13N5O3S2/c15-10(20)5-9-7-24-14(16-9)17-11(21)1-2-12-18-13(19-22-12)8-3-4-23-6-8/h3-4,6-7H,1-2,5H2,(H2,15,20)(H,16,17,21). The highest BCUT2D eigenvalue weighted by Crippen LogP contribution is 2.19. The lowest BCUT2D eigenvalue weighted by atomic mass is 10.3. The summed E-state index contributed by atoms with van der Waals surface area (Å²) < 4.78 is 5.14. The van der Waals surface area contributed by atoms with Crippen molar-refractivity contribution in [1.82, 2.24) is 15.1 Å². The van der Waals surface area contributed by atoms with Gasteiger partial charge < -0.3 is 15.6 Å². The number of aryl methyl sites for hydroxylation is 1. The topological polar surface area (TPSA) is 124 Å². The molecule has 3 aromatic heterocycles. The van der Waals surface area contributed by atoms with Gasteiger partial charge in [-0.15, -0.1) is 11.3 Å². The van der Waals surface area contributed by atoms with Gasteiger partial charge in [-0.2, -0.15) is 16.3 Å². The van der Waals surface area contributed by atoms with Crippen molar-refractivity contribution in [2.24, 2.45) is 5.73 Å². The first-order chi connectivity index (χ1) is 11.6. The van der Waals surface area contributed by atoms with Crippen LogP contribution in [0.5, 0.6) is 0 Å². The number of carbonyl (C=O) groups excluding carboxylic acids is 2. The Labute approximate surface area is 144 Å². The van der Waals surface area contributed by atoms with Gasteiger partial charge in [0.1, 0.15) is 0 Å². The van der Waals surface area contributed by atoms with E-state index in [2.05, 4.69) is 20.4 Å². The quantitative estimate of drug-likeness (QED) is 0.660. The lowest BCUT2D eigenvalue weighted by molar-refractivity contribution is -0.117. The Morgan fingerprint density at radius 1 is 1.29 bits per heavy atom. The lowest BCUT2D eigenvalue weighted by Crippen LogP contribution is -2.14. The third-order valence-corrected chi connectivity index (χ3v) is 4.46. The number of hydrogen-bond acceptors (Lipinski definition) is 8. The molecule has 2 amide bonds. The zero-order chi connectivity index (χ0) is 16.9. The minimum Gasteiger partial charge on any atom is -0.369 e. The van der Waals surface area contributed by atoms with Gasteiger partial charge in [0.05, 0.1) is 12.1 Å². The van der Waals surface area contributed by atoms with Gasteiger partial charge in [-0.25, -0.2) is 4.98 Å². The molecule has 10 heteroatoms. The van der Waals surface area contributed by atoms with Gasteiger partial charge in [0, 0.05) is 29.2 Å². The first-order valence-corrected chi connectivity index (χ1v) is 8.80. The number of aromatic nitrogens is 3. The fourth-order valence-electron chi connectivity index (χ4n) is 1.89. The van der Waals surface area contributed by atoms with Crippen LogP contribution in [0.2, 0.25) is 0 Å². The zero-order valence-electron chi connectivity index (χ0n) is 12.4. The third kappa shape index (κ3) is 4.24. The number of hydrogen-bond donors (Lipinski definition) is 2. The average Bonchev–Trinajstić information content (AvgIpc) is 3.26. The largest absolute Gasteiger partial charge is 0.369 e. The van der Waals surface area contributed by atoms with Gasteiger partial charge in [0.15, 0.2) is 5.13 Å². The summed E-state index contributed by atoms with van der Waals surface area (Å²) in [5.74, 6) is 0.240. The van der Waals surface area contributed by atoms with Crippen LogP contribution in [0.4, 0.5) is 5.13 Å². The van der Waals surface area contributed by atoms with Crippen LogP contribution < -0.4 is 11.1 Å². The maximum Gasteiger partial charge on any atom is 0.227 e. The van der Waals surface area contributed by atoms with Crippen molar-refractivity contribution in [3.63, 3.8) is 0 Å². The second-order valence-electron chi connectivity index (χ2n) is 4.86. The van der Waals surface area contributed by atoms with Crippen LogP contribution in [0.25, 0.3) is 11.4 Å². The van der Waals surface area contributed by atoms with Gasteiger partial charge in [0.25, 0.3) is 0 Å². The number of nitrogens with one attached hydrogen (secondary N) is 1. The number of amides is 2. The molecule has 3 heterocycles. The number of anilines is 1. The number of carbonyl (C=O) groups is 2. The minimum atomic E-state index is -0.462. The molecule has 124 valence electrons. The lowest BCUT2D eigenvalue weighted by Gasteiger charge is -1.99. The number of thiophene rings is 1. The minimum absolute atomic E-state index is 0.0553. The summed E-state index contributed by atoms with van der Waals surface area (Å²) in [7, 11) is 0. The summed E-state index contributed by atoms with van der Waals surface area (Å²) >= 11 is 2.79. The van der Waals surface area contributed by atoms with E-state index in [4.69, 9.17) is 10.3 Å². The fourth-order valence-corrected chi connectivity index (χ4v) is 3.25. The summed E-state index contributed by atoms with van der Waals surface area (Å²) in [4.78, 5) is 31.1. The second kappa shape index (κ2) is 7.32. The Bertz CT molecular complexity index is 840. The normalized spacial score (nSPS) is 10.7. The average molecular weight is 363 g/mol. The Hall–Kier alpha value is -2.59. The van der Waals surface area contributed by atoms with E-state index in [1.807, 2.05) is 16.8 Å². The van der Waals surface area contributed by atoms with Gasteiger partial charge in [-0.3, -0.25) is 9.59 Å². The molecule has 0 aliphatic carbocycles. The van der Waals surface area contributed by atoms with Crippen LogP contribution in [0.15, 0.2) is 26.7 Å². The highest BCUT2D eigenvalue weighted by molar-refractivity contribution is 7.14. The smallest absolute Gasteiger partial charge is 0.227 e. The molecule has 3 rings (SSSR count). The molecule has 0 saturated carbocycles. The van der Waals surface area contributed by atoms with Crippen molar-refractivity contribution in [3.8, 4) is 11.4 Å². The molecule has 24 heavy (non-hydrogen) atoms. The number of primary amides is 1. The molecule has 0 atom stereocenters. The second-order valence-corrected chi connectivity index (χ2v) is 6.50. The number of nitrogens with zero attached hydrogens (tertiary/aromatic N) is 3. The van der Waals surface area contributed by atoms with E-state index in [-0.39, 0.29) is 18.7 Å². The number of thiazole rings is 1. The molecule has 0 aliphatic heterocycles. The highest BCUT2D eigenvalue weighted by Gasteiger charge is 2.12. The molecule has 0 aliphatic rings. The van der Waals surface area contributed by atoms with E-state index in [1.54, 1.807) is 16.7 Å². The SMILES string of the molecule is NC(=O)Cc1csc(NC(=O)CCc2nc(-c3ccsc3)no2)n1. The molecule has 8 nitrogen and oxygen atoms in total. The molecule has 3 aromatic rings. The molecular formula is C14H13N5O3S2. The van der Waals surface area contributed by atoms with E-state index >= 15 is 0 Å². The Morgan fingerprint density at radius 2 is 2.17 bits per heavy atom. The van der Waals surface area contributed by atoms with E-state index < -0.39 is 5.91 Å². The molecule has 0 aromatic carbocycles. The van der Waals surface area contributed by atoms with Crippen molar-refractivity contribution in [2.45, 2.75) is 19.3 Å². The van der Waals surface area contributed by atoms with Crippen molar-refractivity contribution in [2.75, 3.05) is 5.32 Å². The van der Waals surface area contributed by atoms with Gasteiger partial charge in [-0.05, 0) is 11.4 Å². The summed E-state index contributed by atoms with van der Waals surface area (Å²) in [6.07, 6.45) is 0.582. The molecule has 0 spiro atoms. The van der Waals surface area contributed by atoms with Crippen LogP contribution in [0.3, 0.4) is 0 Å². The Morgan fingerprint density at radius 3 is 2.92 bits per heavy atom. The third-order valence-electron chi connectivity index (χ3n) is 2.97. The maximum atomic E-state index is 11.9. The summed E-state index contributed by atoms with van der Waals surface area (Å²) in [6, 6.07) is 1.90. The molecule has 0 radical (unpaired) electrons. The molecule has 0 fully saturated rings. The predicted molar refractivity (Wildman–Crippen MR) is 89.6 cm³/mol. The van der Waals surface area contributed by atoms with Crippen LogP contribution in [-0.2, 0) is 22.4 Å². The predicted octanol–water partition coefficient (Wildman–Crippen LogP) is 1.85. The number of nitrogens with two attached hydrogens (primary N) is 1. The van der Waals surface area contributed by atoms with Gasteiger partial charge in [-0.1, -0.05) is 5.16 Å². The summed E-state index contributed by atoms with van der Waals surface area (Å²) in [5, 5.41) is 12.5. The van der Waals surface area contributed by atoms with E-state index in [9.17, 15) is 9.59 Å². The van der Waals surface area contributed by atoms with Crippen LogP contribution in [0.1, 0.15) is 18.0 Å². The molecule has 0 unspecified atom stereocenters. The van der Waals surface area contributed by atoms with Gasteiger partial charge in [0.2, 0.25) is 23.5 Å². The van der Waals surface area contributed by atoms with E-state index in [0.29, 0.717) is 29.0 Å². The van der Waals surface area contributed by atoms with Crippen LogP contribution >= 0.6 is 22.7 Å². The van der Waals surface area contributed by atoms with Crippen molar-refractivity contribution in [1.29, 1.82) is 0 Å². The number of rotatable bonds is 7. The van der Waals surface area contributed by atoms with Crippen molar-refractivity contribution in [3.05, 3.63) is 33.8 Å². The fraction of sp³-hybridized carbons (Fsp3) is 0.214. The first-order valence-electron chi connectivity index (χ1n) is 6.98. The van der Waals surface area contributed by atoms with Gasteiger partial charge >= 0.3 is 0 Å². The summed E-state index contributed by atoms with van der Waals surface area (Å²) in [5.41, 5.74) is 6.53. The molecule has 0 saturated heterocycles. The van der Waals surface area contributed by atoms with E-state index in [1.165, 1.54) is 11.3 Å².